The van der Waals surface area contributed by atoms with Crippen LogP contribution in [0.15, 0.2) is 47.6 Å². The molecule has 0 aliphatic heterocycles. The highest BCUT2D eigenvalue weighted by atomic mass is 16.5. The van der Waals surface area contributed by atoms with Crippen LogP contribution in [0, 0.1) is 23.7 Å². The van der Waals surface area contributed by atoms with Gasteiger partial charge in [0.25, 0.3) is 0 Å². The van der Waals surface area contributed by atoms with Crippen LogP contribution in [-0.2, 0) is 9.53 Å². The van der Waals surface area contributed by atoms with Gasteiger partial charge in [0.05, 0.1) is 19.3 Å². The zero-order chi connectivity index (χ0) is 22.1. The van der Waals surface area contributed by atoms with E-state index in [1.165, 1.54) is 18.3 Å². The van der Waals surface area contributed by atoms with Gasteiger partial charge in [-0.25, -0.2) is 0 Å². The highest BCUT2D eigenvalue weighted by molar-refractivity contribution is 5.69. The molecule has 0 spiro atoms. The Labute approximate surface area is 182 Å². The molecule has 1 fully saturated rings. The summed E-state index contributed by atoms with van der Waals surface area (Å²) in [5, 5.41) is 20.9. The van der Waals surface area contributed by atoms with Crippen molar-refractivity contribution in [3.8, 4) is 0 Å². The van der Waals surface area contributed by atoms with Gasteiger partial charge < -0.3 is 14.9 Å². The monoisotopic (exact) mass is 416 g/mol. The molecule has 30 heavy (non-hydrogen) atoms. The van der Waals surface area contributed by atoms with Crippen molar-refractivity contribution < 1.29 is 19.7 Å². The first-order chi connectivity index (χ1) is 14.3. The zero-order valence-electron chi connectivity index (χ0n) is 19.1. The van der Waals surface area contributed by atoms with Crippen molar-refractivity contribution in [3.05, 3.63) is 47.6 Å². The van der Waals surface area contributed by atoms with Crippen LogP contribution < -0.4 is 0 Å². The van der Waals surface area contributed by atoms with Gasteiger partial charge in [0, 0.05) is 12.3 Å². The van der Waals surface area contributed by atoms with Gasteiger partial charge in [0.2, 0.25) is 0 Å². The average Bonchev–Trinajstić information content (AvgIpc) is 3.19. The molecule has 4 heteroatoms. The van der Waals surface area contributed by atoms with Gasteiger partial charge in [-0.3, -0.25) is 4.79 Å². The van der Waals surface area contributed by atoms with E-state index in [2.05, 4.69) is 49.8 Å². The molecule has 2 aliphatic rings. The summed E-state index contributed by atoms with van der Waals surface area (Å²) < 4.78 is 4.66. The lowest BCUT2D eigenvalue weighted by Gasteiger charge is -2.19. The molecule has 2 aliphatic carbocycles. The Bertz CT molecular complexity index is 669. The summed E-state index contributed by atoms with van der Waals surface area (Å²) in [6, 6.07) is 0. The molecule has 4 nitrogen and oxygen atoms in total. The van der Waals surface area contributed by atoms with Crippen molar-refractivity contribution in [2.24, 2.45) is 23.7 Å². The maximum absolute atomic E-state index is 11.2. The highest BCUT2D eigenvalue weighted by Gasteiger charge is 2.42. The second-order valence-electron chi connectivity index (χ2n) is 9.32. The Balaban J connectivity index is 1.81. The van der Waals surface area contributed by atoms with E-state index in [4.69, 9.17) is 0 Å². The van der Waals surface area contributed by atoms with Gasteiger partial charge in [0.15, 0.2) is 0 Å². The van der Waals surface area contributed by atoms with E-state index in [0.29, 0.717) is 30.6 Å². The second kappa shape index (κ2) is 12.3. The molecule has 0 aromatic carbocycles. The third-order valence-corrected chi connectivity index (χ3v) is 6.39. The van der Waals surface area contributed by atoms with E-state index in [1.807, 2.05) is 12.2 Å². The fourth-order valence-electron chi connectivity index (χ4n) is 4.73. The van der Waals surface area contributed by atoms with E-state index in [0.717, 1.165) is 32.1 Å². The standard InChI is InChI=1S/C26H40O4/c1-18(2)8-7-9-19(3)14-22(27)12-13-23-24-16-20(15-21(24)17-25(23)28)10-5-6-11-26(29)30-4/h5,8,10,12-13,15,19,21-25,27-28H,6-7,9,11,14,16-17H2,1-4H3/b10-5?,13-12-/t19-,21+,22-,23+,24+,25-/m1/s1. The van der Waals surface area contributed by atoms with Gasteiger partial charge in [-0.05, 0) is 70.1 Å². The predicted octanol–water partition coefficient (Wildman–Crippen LogP) is 5.13. The lowest BCUT2D eigenvalue weighted by atomic mass is 9.88. The summed E-state index contributed by atoms with van der Waals surface area (Å²) in [5.74, 6) is 1.18. The SMILES string of the molecule is COC(=O)CCC=CC1=C[C@H]2C[C@@H](O)[C@@H](/C=C\[C@@H](O)C[C@H](C)CCC=C(C)C)[C@H]2C1. The number of hydrogen-bond acceptors (Lipinski definition) is 4. The fourth-order valence-corrected chi connectivity index (χ4v) is 4.73. The molecule has 0 radical (unpaired) electrons. The number of rotatable bonds is 11. The van der Waals surface area contributed by atoms with Gasteiger partial charge in [-0.2, -0.15) is 0 Å². The van der Waals surface area contributed by atoms with Gasteiger partial charge in [0.1, 0.15) is 0 Å². The van der Waals surface area contributed by atoms with E-state index in [1.54, 1.807) is 0 Å². The summed E-state index contributed by atoms with van der Waals surface area (Å²) in [6.07, 6.45) is 17.6. The summed E-state index contributed by atoms with van der Waals surface area (Å²) >= 11 is 0. The van der Waals surface area contributed by atoms with Crippen LogP contribution in [0.4, 0.5) is 0 Å². The number of allylic oxidation sites excluding steroid dienone is 6. The minimum Gasteiger partial charge on any atom is -0.469 e. The number of carbonyl (C=O) groups is 1. The van der Waals surface area contributed by atoms with Crippen LogP contribution in [0.3, 0.4) is 0 Å². The number of ether oxygens (including phenoxy) is 1. The zero-order valence-corrected chi connectivity index (χ0v) is 19.1. The van der Waals surface area contributed by atoms with Crippen molar-refractivity contribution in [3.63, 3.8) is 0 Å². The summed E-state index contributed by atoms with van der Waals surface area (Å²) in [7, 11) is 1.41. The van der Waals surface area contributed by atoms with Crippen molar-refractivity contribution in [2.75, 3.05) is 7.11 Å². The van der Waals surface area contributed by atoms with E-state index >= 15 is 0 Å². The number of esters is 1. The van der Waals surface area contributed by atoms with E-state index < -0.39 is 6.10 Å². The third-order valence-electron chi connectivity index (χ3n) is 6.39. The lowest BCUT2D eigenvalue weighted by Crippen LogP contribution is -2.18. The highest BCUT2D eigenvalue weighted by Crippen LogP contribution is 2.47. The minimum atomic E-state index is -0.454. The van der Waals surface area contributed by atoms with Crippen molar-refractivity contribution in [1.29, 1.82) is 0 Å². The van der Waals surface area contributed by atoms with Crippen LogP contribution in [-0.4, -0.2) is 35.5 Å². The first-order valence-electron chi connectivity index (χ1n) is 11.4. The predicted molar refractivity (Wildman–Crippen MR) is 122 cm³/mol. The molecule has 0 saturated heterocycles. The molecule has 0 aromatic rings. The molecular weight excluding hydrogens is 376 g/mol. The second-order valence-corrected chi connectivity index (χ2v) is 9.32. The molecule has 0 heterocycles. The Kier molecular flexibility index (Phi) is 10.1. The van der Waals surface area contributed by atoms with Crippen LogP contribution in [0.25, 0.3) is 0 Å². The van der Waals surface area contributed by atoms with Crippen LogP contribution >= 0.6 is 0 Å². The smallest absolute Gasteiger partial charge is 0.305 e. The molecule has 6 atom stereocenters. The molecule has 0 amide bonds. The van der Waals surface area contributed by atoms with Crippen molar-refractivity contribution in [1.82, 2.24) is 0 Å². The Morgan fingerprint density at radius 2 is 2.10 bits per heavy atom. The summed E-state index contributed by atoms with van der Waals surface area (Å²) in [5.41, 5.74) is 2.63. The Morgan fingerprint density at radius 1 is 1.33 bits per heavy atom. The first kappa shape index (κ1) is 24.6. The molecule has 2 N–H and O–H groups in total. The number of methoxy groups -OCH3 is 1. The first-order valence-corrected chi connectivity index (χ1v) is 11.4. The lowest BCUT2D eigenvalue weighted by molar-refractivity contribution is -0.140. The molecule has 1 saturated carbocycles. The molecule has 2 rings (SSSR count). The maximum atomic E-state index is 11.2. The Morgan fingerprint density at radius 3 is 2.80 bits per heavy atom. The topological polar surface area (TPSA) is 66.8 Å². The average molecular weight is 417 g/mol. The van der Waals surface area contributed by atoms with Crippen LogP contribution in [0.5, 0.6) is 0 Å². The largest absolute Gasteiger partial charge is 0.469 e. The molecule has 0 bridgehead atoms. The summed E-state index contributed by atoms with van der Waals surface area (Å²) in [4.78, 5) is 11.2. The van der Waals surface area contributed by atoms with Gasteiger partial charge >= 0.3 is 5.97 Å². The minimum absolute atomic E-state index is 0.0999. The van der Waals surface area contributed by atoms with Crippen molar-refractivity contribution >= 4 is 5.97 Å². The fraction of sp³-hybridized carbons (Fsp3) is 0.654. The normalized spacial score (nSPS) is 27.9. The molecular formula is C26H40O4. The van der Waals surface area contributed by atoms with Gasteiger partial charge in [-0.1, -0.05) is 54.5 Å². The number of carbonyl (C=O) groups excluding carboxylic acids is 1. The molecule has 0 aromatic heterocycles. The number of fused-ring (bicyclic) bond motifs is 1. The van der Waals surface area contributed by atoms with E-state index in [9.17, 15) is 15.0 Å². The van der Waals surface area contributed by atoms with Crippen molar-refractivity contribution in [2.45, 2.75) is 77.9 Å². The van der Waals surface area contributed by atoms with Gasteiger partial charge in [-0.15, -0.1) is 0 Å². The quantitative estimate of drug-likeness (QED) is 0.362. The third kappa shape index (κ3) is 7.88. The molecule has 168 valence electrons. The summed E-state index contributed by atoms with van der Waals surface area (Å²) in [6.45, 7) is 6.42. The maximum Gasteiger partial charge on any atom is 0.305 e. The molecule has 0 unspecified atom stereocenters. The van der Waals surface area contributed by atoms with Crippen LogP contribution in [0.1, 0.15) is 65.7 Å². The number of hydrogen-bond donors (Lipinski definition) is 2. The van der Waals surface area contributed by atoms with Crippen LogP contribution in [0.2, 0.25) is 0 Å². The van der Waals surface area contributed by atoms with E-state index in [-0.39, 0.29) is 18.0 Å². The Hall–Kier alpha value is -1.65. The number of aliphatic hydroxyl groups excluding tert-OH is 2. The number of aliphatic hydroxyl groups is 2.